The third-order valence-corrected chi connectivity index (χ3v) is 6.22. The maximum absolute atomic E-state index is 13.1. The molecule has 0 bridgehead atoms. The number of carbonyl (C=O) groups excluding carboxylic acids is 1. The molecule has 0 aliphatic carbocycles. The Hall–Kier alpha value is -5.08. The number of benzene rings is 2. The first-order chi connectivity index (χ1) is 18.7. The second-order valence-corrected chi connectivity index (χ2v) is 8.61. The molecule has 2 N–H and O–H groups in total. The first-order valence-corrected chi connectivity index (χ1v) is 12.1. The van der Waals surface area contributed by atoms with Crippen LogP contribution in [0, 0.1) is 11.3 Å². The van der Waals surface area contributed by atoms with Gasteiger partial charge in [0.2, 0.25) is 6.17 Å². The second-order valence-electron chi connectivity index (χ2n) is 8.61. The molecule has 4 aromatic rings. The largest absolute Gasteiger partial charge is 0.402 e. The van der Waals surface area contributed by atoms with Gasteiger partial charge in [0.15, 0.2) is 5.69 Å². The maximum atomic E-state index is 13.1. The van der Waals surface area contributed by atoms with E-state index in [2.05, 4.69) is 36.8 Å². The highest BCUT2D eigenvalue weighted by molar-refractivity contribution is 6.19. The Balaban J connectivity index is 1.34. The van der Waals surface area contributed by atoms with Crippen LogP contribution in [0.5, 0.6) is 0 Å². The van der Waals surface area contributed by atoms with Crippen LogP contribution in [0.4, 0.5) is 17.4 Å². The molecule has 1 saturated heterocycles. The molecule has 0 saturated carbocycles. The van der Waals surface area contributed by atoms with Crippen LogP contribution >= 0.6 is 0 Å². The number of nitrogens with one attached hydrogen (secondary N) is 2. The molecule has 6 rings (SSSR count). The van der Waals surface area contributed by atoms with Crippen molar-refractivity contribution < 1.29 is 13.9 Å². The highest BCUT2D eigenvalue weighted by atomic mass is 16.5. The summed E-state index contributed by atoms with van der Waals surface area (Å²) in [7, 11) is 0. The lowest BCUT2D eigenvalue weighted by atomic mass is 10.0. The number of nitrogens with zero attached hydrogens (tertiary/aromatic N) is 6. The molecule has 0 unspecified atom stereocenters. The van der Waals surface area contributed by atoms with Crippen LogP contribution in [0.15, 0.2) is 76.1 Å². The third-order valence-electron chi connectivity index (χ3n) is 6.22. The van der Waals surface area contributed by atoms with Crippen LogP contribution in [-0.2, 0) is 9.53 Å². The number of morpholine rings is 1. The molecule has 0 spiro atoms. The molecule has 1 atom stereocenters. The molecule has 2 aromatic heterocycles. The van der Waals surface area contributed by atoms with E-state index >= 15 is 0 Å². The van der Waals surface area contributed by atoms with Gasteiger partial charge in [-0.15, -0.1) is 5.10 Å². The zero-order valence-electron chi connectivity index (χ0n) is 20.2. The Morgan fingerprint density at radius 3 is 2.61 bits per heavy atom. The molecular formula is C27H22N8O3. The number of hydrogen-bond acceptors (Lipinski definition) is 10. The van der Waals surface area contributed by atoms with Gasteiger partial charge in [0, 0.05) is 24.2 Å². The standard InChI is InChI=1S/C27H22N8O3/c28-16-18-10-11-21(35-12-14-37-15-13-35)23(29-18)26-33-34-27(38-26)32-24-25(36)30-20-9-5-4-8-19(20)22(31-24)17-6-2-1-3-7-17/h1-11,24H,12-15H2,(H,30,36)(H,32,34)/t24-/m1/s1. The zero-order chi connectivity index (χ0) is 25.9. The predicted octanol–water partition coefficient (Wildman–Crippen LogP) is 3.07. The van der Waals surface area contributed by atoms with Gasteiger partial charge in [0.05, 0.1) is 30.3 Å². The summed E-state index contributed by atoms with van der Waals surface area (Å²) < 4.78 is 11.4. The minimum atomic E-state index is -1.04. The van der Waals surface area contributed by atoms with Gasteiger partial charge in [-0.3, -0.25) is 4.79 Å². The number of hydrogen-bond donors (Lipinski definition) is 2. The van der Waals surface area contributed by atoms with Crippen LogP contribution in [0.2, 0.25) is 0 Å². The lowest BCUT2D eigenvalue weighted by Crippen LogP contribution is -2.36. The molecule has 2 aliphatic heterocycles. The molecule has 1 fully saturated rings. The van der Waals surface area contributed by atoms with Crippen molar-refractivity contribution >= 4 is 29.0 Å². The molecule has 4 heterocycles. The quantitative estimate of drug-likeness (QED) is 0.418. The van der Waals surface area contributed by atoms with E-state index in [1.54, 1.807) is 6.07 Å². The molecular weight excluding hydrogens is 484 g/mol. The Labute approximate surface area is 217 Å². The fraction of sp³-hybridized carbons (Fsp3) is 0.185. The van der Waals surface area contributed by atoms with Crippen LogP contribution in [0.25, 0.3) is 11.6 Å². The number of aromatic nitrogens is 3. The smallest absolute Gasteiger partial charge is 0.317 e. The van der Waals surface area contributed by atoms with Gasteiger partial charge in [-0.05, 0) is 18.2 Å². The molecule has 11 nitrogen and oxygen atoms in total. The fourth-order valence-corrected chi connectivity index (χ4v) is 4.41. The summed E-state index contributed by atoms with van der Waals surface area (Å²) in [4.78, 5) is 24.4. The molecule has 38 heavy (non-hydrogen) atoms. The van der Waals surface area contributed by atoms with E-state index in [-0.39, 0.29) is 23.5 Å². The van der Waals surface area contributed by atoms with E-state index in [0.29, 0.717) is 43.4 Å². The number of pyridine rings is 1. The number of amides is 1. The lowest BCUT2D eigenvalue weighted by Gasteiger charge is -2.29. The Morgan fingerprint density at radius 1 is 1.00 bits per heavy atom. The summed E-state index contributed by atoms with van der Waals surface area (Å²) >= 11 is 0. The fourth-order valence-electron chi connectivity index (χ4n) is 4.41. The number of para-hydroxylation sites is 1. The number of ether oxygens (including phenoxy) is 1. The number of carbonyl (C=O) groups is 1. The average molecular weight is 507 g/mol. The van der Waals surface area contributed by atoms with Gasteiger partial charge >= 0.3 is 6.01 Å². The van der Waals surface area contributed by atoms with Gasteiger partial charge in [0.25, 0.3) is 11.8 Å². The van der Waals surface area contributed by atoms with Crippen LogP contribution in [0.3, 0.4) is 0 Å². The van der Waals surface area contributed by atoms with Crippen molar-refractivity contribution in [2.45, 2.75) is 6.17 Å². The van der Waals surface area contributed by atoms with E-state index in [1.807, 2.05) is 60.7 Å². The van der Waals surface area contributed by atoms with Gasteiger partial charge in [-0.2, -0.15) is 5.26 Å². The normalized spacial score (nSPS) is 17.0. The maximum Gasteiger partial charge on any atom is 0.317 e. The predicted molar refractivity (Wildman–Crippen MR) is 140 cm³/mol. The number of aliphatic imine (C=N–C) groups is 1. The third kappa shape index (κ3) is 4.56. The highest BCUT2D eigenvalue weighted by Gasteiger charge is 2.28. The first-order valence-electron chi connectivity index (χ1n) is 12.1. The van der Waals surface area contributed by atoms with E-state index in [0.717, 1.165) is 16.8 Å². The molecule has 0 radical (unpaired) electrons. The minimum Gasteiger partial charge on any atom is -0.402 e. The van der Waals surface area contributed by atoms with Crippen molar-refractivity contribution in [2.24, 2.45) is 4.99 Å². The molecule has 2 aromatic carbocycles. The summed E-state index contributed by atoms with van der Waals surface area (Å²) in [6.07, 6.45) is -1.04. The topological polar surface area (TPSA) is 142 Å². The number of fused-ring (bicyclic) bond motifs is 1. The summed E-state index contributed by atoms with van der Waals surface area (Å²) in [5.74, 6) is -0.252. The van der Waals surface area contributed by atoms with Gasteiger partial charge in [0.1, 0.15) is 11.8 Å². The number of rotatable bonds is 5. The van der Waals surface area contributed by atoms with Gasteiger partial charge in [-0.25, -0.2) is 9.98 Å². The van der Waals surface area contributed by atoms with Crippen LogP contribution in [-0.4, -0.2) is 59.3 Å². The number of benzodiazepines with no additional fused rings is 1. The summed E-state index contributed by atoms with van der Waals surface area (Å²) in [6, 6.07) is 22.7. The van der Waals surface area contributed by atoms with Crippen molar-refractivity contribution in [3.05, 3.63) is 83.6 Å². The van der Waals surface area contributed by atoms with Crippen molar-refractivity contribution in [1.29, 1.82) is 5.26 Å². The van der Waals surface area contributed by atoms with Crippen LogP contribution < -0.4 is 15.5 Å². The average Bonchev–Trinajstić information content (AvgIpc) is 3.39. The van der Waals surface area contributed by atoms with Gasteiger partial charge < -0.3 is 24.7 Å². The molecule has 2 aliphatic rings. The number of nitriles is 1. The summed E-state index contributed by atoms with van der Waals surface area (Å²) in [5.41, 5.74) is 4.34. The Morgan fingerprint density at radius 2 is 1.79 bits per heavy atom. The van der Waals surface area contributed by atoms with E-state index in [4.69, 9.17) is 14.1 Å². The Bertz CT molecular complexity index is 1550. The van der Waals surface area contributed by atoms with Gasteiger partial charge in [-0.1, -0.05) is 53.6 Å². The second kappa shape index (κ2) is 10.1. The first kappa shape index (κ1) is 23.3. The van der Waals surface area contributed by atoms with Crippen molar-refractivity contribution in [3.63, 3.8) is 0 Å². The minimum absolute atomic E-state index is 0.000596. The molecule has 188 valence electrons. The van der Waals surface area contributed by atoms with E-state index in [9.17, 15) is 10.1 Å². The number of anilines is 3. The Kier molecular flexibility index (Phi) is 6.21. The summed E-state index contributed by atoms with van der Waals surface area (Å²) in [5, 5.41) is 23.5. The van der Waals surface area contributed by atoms with E-state index < -0.39 is 6.17 Å². The molecule has 1 amide bonds. The SMILES string of the molecule is N#Cc1ccc(N2CCOCC2)c(-c2nnc(N[C@H]3N=C(c4ccccc4)c4ccccc4NC3=O)o2)n1. The lowest BCUT2D eigenvalue weighted by molar-refractivity contribution is -0.116. The summed E-state index contributed by atoms with van der Waals surface area (Å²) in [6.45, 7) is 2.49. The van der Waals surface area contributed by atoms with Crippen molar-refractivity contribution in [3.8, 4) is 17.7 Å². The molecule has 11 heteroatoms. The van der Waals surface area contributed by atoms with E-state index in [1.165, 1.54) is 0 Å². The monoisotopic (exact) mass is 506 g/mol. The highest BCUT2D eigenvalue weighted by Crippen LogP contribution is 2.31. The zero-order valence-corrected chi connectivity index (χ0v) is 20.2. The van der Waals surface area contributed by atoms with Crippen molar-refractivity contribution in [2.75, 3.05) is 41.8 Å². The van der Waals surface area contributed by atoms with Crippen LogP contribution in [0.1, 0.15) is 16.8 Å². The van der Waals surface area contributed by atoms with Crippen molar-refractivity contribution in [1.82, 2.24) is 15.2 Å².